The number of para-hydroxylation sites is 1. The maximum absolute atomic E-state index is 6.16. The van der Waals surface area contributed by atoms with Crippen LogP contribution in [0.15, 0.2) is 146 Å². The van der Waals surface area contributed by atoms with Crippen molar-refractivity contribution in [2.75, 3.05) is 5.73 Å². The molecule has 0 bridgehead atoms. The molecule has 7 rings (SSSR count). The van der Waals surface area contributed by atoms with E-state index in [9.17, 15) is 0 Å². The van der Waals surface area contributed by atoms with Gasteiger partial charge in [0.1, 0.15) is 0 Å². The summed E-state index contributed by atoms with van der Waals surface area (Å²) in [5.74, 6) is 0. The average molecular weight is 531 g/mol. The highest BCUT2D eigenvalue weighted by molar-refractivity contribution is 6.10. The number of fused-ring (bicyclic) bond motifs is 3. The lowest BCUT2D eigenvalue weighted by atomic mass is 9.96. The van der Waals surface area contributed by atoms with E-state index in [-0.39, 0.29) is 0 Å². The largest absolute Gasteiger partial charge is 0.399 e. The highest BCUT2D eigenvalue weighted by atomic mass is 15.0. The third kappa shape index (κ3) is 5.25. The number of benzene rings is 6. The van der Waals surface area contributed by atoms with Gasteiger partial charge in [-0.3, -0.25) is 0 Å². The molecule has 0 amide bonds. The van der Waals surface area contributed by atoms with E-state index in [1.54, 1.807) is 0 Å². The number of nitrogens with two attached hydrogens (primary N) is 1. The van der Waals surface area contributed by atoms with Gasteiger partial charge >= 0.3 is 0 Å². The van der Waals surface area contributed by atoms with Crippen LogP contribution >= 0.6 is 0 Å². The lowest BCUT2D eigenvalue weighted by Gasteiger charge is -2.12. The summed E-state index contributed by atoms with van der Waals surface area (Å²) in [5, 5.41) is 2.38. The second-order valence-electron chi connectivity index (χ2n) is 10.4. The zero-order valence-electron chi connectivity index (χ0n) is 23.6. The maximum Gasteiger partial charge on any atom is 0.0542 e. The first-order valence-electron chi connectivity index (χ1n) is 14.3. The second kappa shape index (κ2) is 11.6. The average Bonchev–Trinajstić information content (AvgIpc) is 3.36. The Labute approximate surface area is 242 Å². The molecule has 1 aromatic heterocycles. The Morgan fingerprint density at radius 3 is 1.59 bits per heavy atom. The molecule has 0 aliphatic heterocycles. The molecule has 0 aliphatic carbocycles. The summed E-state index contributed by atoms with van der Waals surface area (Å²) in [4.78, 5) is 0. The van der Waals surface area contributed by atoms with Crippen molar-refractivity contribution in [1.82, 2.24) is 4.57 Å². The Hall–Kier alpha value is -5.08. The van der Waals surface area contributed by atoms with Gasteiger partial charge in [0.2, 0.25) is 0 Å². The van der Waals surface area contributed by atoms with Gasteiger partial charge in [0.05, 0.1) is 11.0 Å². The van der Waals surface area contributed by atoms with Crippen molar-refractivity contribution in [2.24, 2.45) is 0 Å². The van der Waals surface area contributed by atoms with Gasteiger partial charge in [-0.25, -0.2) is 0 Å². The standard InChI is InChI=1S/C36H26N2.C3H8/c37-31-19-20-36-34(24-31)33-17-4-5-18-35(33)38(36)32-16-8-15-30(23-32)29-14-7-13-28(22-29)27-12-6-11-26(21-27)25-9-2-1-3-10-25;1-3-2/h1-24H,37H2;3H2,1-2H3. The fourth-order valence-corrected chi connectivity index (χ4v) is 5.48. The minimum absolute atomic E-state index is 0.780. The number of rotatable bonds is 4. The number of anilines is 1. The van der Waals surface area contributed by atoms with Crippen molar-refractivity contribution in [2.45, 2.75) is 20.3 Å². The summed E-state index contributed by atoms with van der Waals surface area (Å²) in [6, 6.07) is 51.6. The van der Waals surface area contributed by atoms with E-state index in [4.69, 9.17) is 5.73 Å². The monoisotopic (exact) mass is 530 g/mol. The minimum atomic E-state index is 0.780. The van der Waals surface area contributed by atoms with Gasteiger partial charge in [-0.15, -0.1) is 0 Å². The molecular formula is C39H34N2. The molecule has 0 fully saturated rings. The van der Waals surface area contributed by atoms with Gasteiger partial charge in [0.25, 0.3) is 0 Å². The van der Waals surface area contributed by atoms with Crippen molar-refractivity contribution < 1.29 is 0 Å². The maximum atomic E-state index is 6.16. The third-order valence-corrected chi connectivity index (χ3v) is 7.30. The van der Waals surface area contributed by atoms with Gasteiger partial charge in [0, 0.05) is 22.1 Å². The molecule has 0 radical (unpaired) electrons. The molecule has 0 atom stereocenters. The first kappa shape index (κ1) is 26.2. The Kier molecular flexibility index (Phi) is 7.38. The van der Waals surface area contributed by atoms with Crippen LogP contribution in [-0.2, 0) is 0 Å². The SMILES string of the molecule is CCC.Nc1ccc2c(c1)c1ccccc1n2-c1cccc(-c2cccc(-c3cccc(-c4ccccc4)c3)c2)c1. The molecule has 2 heteroatoms. The summed E-state index contributed by atoms with van der Waals surface area (Å²) in [5.41, 5.74) is 17.7. The Bertz CT molecular complexity index is 1950. The first-order valence-corrected chi connectivity index (χ1v) is 14.3. The highest BCUT2D eigenvalue weighted by Crippen LogP contribution is 2.35. The van der Waals surface area contributed by atoms with Gasteiger partial charge in [-0.05, 0) is 81.9 Å². The van der Waals surface area contributed by atoms with Crippen molar-refractivity contribution >= 4 is 27.5 Å². The predicted octanol–water partition coefficient (Wildman–Crippen LogP) is 10.8. The number of nitrogen functional groups attached to an aromatic ring is 1. The Morgan fingerprint density at radius 1 is 0.439 bits per heavy atom. The second-order valence-corrected chi connectivity index (χ2v) is 10.4. The number of aromatic nitrogens is 1. The van der Waals surface area contributed by atoms with Crippen molar-refractivity contribution in [3.8, 4) is 39.1 Å². The highest BCUT2D eigenvalue weighted by Gasteiger charge is 2.13. The molecule has 0 spiro atoms. The summed E-state index contributed by atoms with van der Waals surface area (Å²) < 4.78 is 2.33. The molecule has 1 heterocycles. The molecule has 6 aromatic carbocycles. The molecule has 41 heavy (non-hydrogen) atoms. The van der Waals surface area contributed by atoms with Crippen LogP contribution in [0.2, 0.25) is 0 Å². The lowest BCUT2D eigenvalue weighted by molar-refractivity contribution is 1.09. The van der Waals surface area contributed by atoms with E-state index < -0.39 is 0 Å². The normalized spacial score (nSPS) is 10.9. The van der Waals surface area contributed by atoms with Crippen LogP contribution in [0.25, 0.3) is 60.9 Å². The fraction of sp³-hybridized carbons (Fsp3) is 0.0769. The number of hydrogen-bond donors (Lipinski definition) is 1. The quantitative estimate of drug-likeness (QED) is 0.225. The molecule has 0 saturated heterocycles. The summed E-state index contributed by atoms with van der Waals surface area (Å²) in [6.45, 7) is 4.25. The summed E-state index contributed by atoms with van der Waals surface area (Å²) in [6.07, 6.45) is 1.25. The van der Waals surface area contributed by atoms with Crippen molar-refractivity contribution in [3.05, 3.63) is 146 Å². The zero-order valence-corrected chi connectivity index (χ0v) is 23.6. The van der Waals surface area contributed by atoms with E-state index in [0.717, 1.165) is 16.9 Å². The van der Waals surface area contributed by atoms with E-state index in [1.807, 2.05) is 6.07 Å². The smallest absolute Gasteiger partial charge is 0.0542 e. The predicted molar refractivity (Wildman–Crippen MR) is 177 cm³/mol. The van der Waals surface area contributed by atoms with Crippen LogP contribution in [0, 0.1) is 0 Å². The van der Waals surface area contributed by atoms with Gasteiger partial charge < -0.3 is 10.3 Å². The van der Waals surface area contributed by atoms with E-state index in [1.165, 1.54) is 56.1 Å². The molecule has 7 aromatic rings. The van der Waals surface area contributed by atoms with E-state index in [0.29, 0.717) is 0 Å². The van der Waals surface area contributed by atoms with Crippen LogP contribution < -0.4 is 5.73 Å². The summed E-state index contributed by atoms with van der Waals surface area (Å²) in [7, 11) is 0. The van der Waals surface area contributed by atoms with Crippen molar-refractivity contribution in [1.29, 1.82) is 0 Å². The van der Waals surface area contributed by atoms with Gasteiger partial charge in [-0.2, -0.15) is 0 Å². The van der Waals surface area contributed by atoms with Crippen LogP contribution in [0.1, 0.15) is 20.3 Å². The molecule has 0 aliphatic rings. The van der Waals surface area contributed by atoms with Gasteiger partial charge in [-0.1, -0.05) is 117 Å². The van der Waals surface area contributed by atoms with Gasteiger partial charge in [0.15, 0.2) is 0 Å². The number of nitrogens with zero attached hydrogens (tertiary/aromatic N) is 1. The molecule has 2 nitrogen and oxygen atoms in total. The molecular weight excluding hydrogens is 496 g/mol. The molecule has 2 N–H and O–H groups in total. The third-order valence-electron chi connectivity index (χ3n) is 7.30. The van der Waals surface area contributed by atoms with E-state index >= 15 is 0 Å². The Balaban J connectivity index is 0.000000967. The van der Waals surface area contributed by atoms with Crippen LogP contribution in [-0.4, -0.2) is 4.57 Å². The zero-order chi connectivity index (χ0) is 28.2. The fourth-order valence-electron chi connectivity index (χ4n) is 5.48. The molecule has 0 saturated carbocycles. The lowest BCUT2D eigenvalue weighted by Crippen LogP contribution is -1.94. The first-order chi connectivity index (χ1) is 20.2. The van der Waals surface area contributed by atoms with E-state index in [2.05, 4.69) is 158 Å². The minimum Gasteiger partial charge on any atom is -0.399 e. The summed E-state index contributed by atoms with van der Waals surface area (Å²) >= 11 is 0. The van der Waals surface area contributed by atoms with Crippen LogP contribution in [0.3, 0.4) is 0 Å². The topological polar surface area (TPSA) is 30.9 Å². The van der Waals surface area contributed by atoms with Crippen LogP contribution in [0.5, 0.6) is 0 Å². The Morgan fingerprint density at radius 2 is 0.927 bits per heavy atom. The molecule has 200 valence electrons. The number of hydrogen-bond acceptors (Lipinski definition) is 1. The van der Waals surface area contributed by atoms with Crippen LogP contribution in [0.4, 0.5) is 5.69 Å². The van der Waals surface area contributed by atoms with Crippen molar-refractivity contribution in [3.63, 3.8) is 0 Å². The molecule has 0 unspecified atom stereocenters.